The number of amides is 1. The molecule has 1 aromatic rings. The largest absolute Gasteiger partial charge is 0.399 e. The summed E-state index contributed by atoms with van der Waals surface area (Å²) in [6.45, 7) is 4.28. The second kappa shape index (κ2) is 8.11. The highest BCUT2D eigenvalue weighted by Gasteiger charge is 2.11. The normalized spacial score (nSPS) is 12.8. The molecule has 0 fully saturated rings. The number of hydrogen-bond donors (Lipinski definition) is 3. The van der Waals surface area contributed by atoms with Crippen LogP contribution in [0.2, 0.25) is 0 Å². The molecule has 0 aliphatic carbocycles. The molecule has 0 saturated heterocycles. The van der Waals surface area contributed by atoms with Gasteiger partial charge in [0.15, 0.2) is 0 Å². The van der Waals surface area contributed by atoms with E-state index in [1.807, 2.05) is 31.3 Å². The van der Waals surface area contributed by atoms with Crippen LogP contribution in [0.4, 0.5) is 0 Å². The molecule has 1 unspecified atom stereocenters. The third-order valence-electron chi connectivity index (χ3n) is 2.70. The van der Waals surface area contributed by atoms with Crippen LogP contribution in [0, 0.1) is 0 Å². The molecule has 0 aliphatic heterocycles. The van der Waals surface area contributed by atoms with E-state index >= 15 is 0 Å². The van der Waals surface area contributed by atoms with Crippen LogP contribution >= 0.6 is 0 Å². The molecule has 1 rings (SSSR count). The number of hydrogen-bond acceptors (Lipinski definition) is 3. The van der Waals surface area contributed by atoms with Crippen molar-refractivity contribution >= 4 is 5.91 Å². The predicted molar refractivity (Wildman–Crippen MR) is 78.7 cm³/mol. The van der Waals surface area contributed by atoms with Crippen LogP contribution in [0.1, 0.15) is 16.8 Å². The average Bonchev–Trinajstić information content (AvgIpc) is 2.45. The van der Waals surface area contributed by atoms with Crippen LogP contribution in [-0.4, -0.2) is 25.5 Å². The Labute approximate surface area is 114 Å². The first-order valence-corrected chi connectivity index (χ1v) is 6.26. The van der Waals surface area contributed by atoms with Crippen molar-refractivity contribution in [1.29, 1.82) is 0 Å². The minimum absolute atomic E-state index is 0.00351. The number of nitrogens with two attached hydrogens (primary N) is 1. The number of rotatable bonds is 7. The molecule has 0 radical (unpaired) electrons. The van der Waals surface area contributed by atoms with E-state index in [1.165, 1.54) is 0 Å². The van der Waals surface area contributed by atoms with E-state index < -0.39 is 0 Å². The lowest BCUT2D eigenvalue weighted by Crippen LogP contribution is -2.41. The van der Waals surface area contributed by atoms with E-state index in [-0.39, 0.29) is 11.9 Å². The Morgan fingerprint density at radius 1 is 1.42 bits per heavy atom. The lowest BCUT2D eigenvalue weighted by molar-refractivity contribution is 0.0937. The smallest absolute Gasteiger partial charge is 0.251 e. The molecule has 1 amide bonds. The van der Waals surface area contributed by atoms with Gasteiger partial charge in [0.1, 0.15) is 0 Å². The lowest BCUT2D eigenvalue weighted by Gasteiger charge is -2.17. The van der Waals surface area contributed by atoms with Crippen molar-refractivity contribution in [3.8, 4) is 0 Å². The zero-order valence-electron chi connectivity index (χ0n) is 11.2. The van der Waals surface area contributed by atoms with Crippen LogP contribution in [-0.2, 0) is 0 Å². The molecule has 4 heteroatoms. The highest BCUT2D eigenvalue weighted by atomic mass is 16.1. The summed E-state index contributed by atoms with van der Waals surface area (Å²) in [6, 6.07) is 9.15. The standard InChI is InChI=1S/C15H21N3O/c1-3-13(16)9-10-14(11-17-2)18-15(19)12-7-5-4-6-8-12/h3-9,14,17H,1,10-11,16H2,2H3,(H,18,19)/b13-9+. The summed E-state index contributed by atoms with van der Waals surface area (Å²) in [5.74, 6) is -0.0774. The molecule has 0 aliphatic rings. The molecular weight excluding hydrogens is 238 g/mol. The van der Waals surface area contributed by atoms with E-state index in [1.54, 1.807) is 18.2 Å². The van der Waals surface area contributed by atoms with Gasteiger partial charge in [-0.25, -0.2) is 0 Å². The van der Waals surface area contributed by atoms with Gasteiger partial charge in [-0.2, -0.15) is 0 Å². The Morgan fingerprint density at radius 3 is 2.68 bits per heavy atom. The van der Waals surface area contributed by atoms with E-state index in [9.17, 15) is 4.79 Å². The van der Waals surface area contributed by atoms with Gasteiger partial charge in [-0.05, 0) is 31.7 Å². The van der Waals surface area contributed by atoms with Gasteiger partial charge in [0.05, 0.1) is 0 Å². The van der Waals surface area contributed by atoms with Crippen molar-refractivity contribution in [2.45, 2.75) is 12.5 Å². The van der Waals surface area contributed by atoms with Crippen molar-refractivity contribution in [2.24, 2.45) is 5.73 Å². The zero-order valence-corrected chi connectivity index (χ0v) is 11.2. The first kappa shape index (κ1) is 15.0. The van der Waals surface area contributed by atoms with Crippen LogP contribution in [0.5, 0.6) is 0 Å². The Balaban J connectivity index is 2.63. The van der Waals surface area contributed by atoms with E-state index in [0.717, 1.165) is 0 Å². The zero-order chi connectivity index (χ0) is 14.1. The van der Waals surface area contributed by atoms with Crippen molar-refractivity contribution < 1.29 is 4.79 Å². The first-order chi connectivity index (χ1) is 9.17. The maximum Gasteiger partial charge on any atom is 0.251 e. The van der Waals surface area contributed by atoms with Gasteiger partial charge in [0.2, 0.25) is 0 Å². The van der Waals surface area contributed by atoms with Gasteiger partial charge in [-0.1, -0.05) is 30.9 Å². The average molecular weight is 259 g/mol. The summed E-state index contributed by atoms with van der Waals surface area (Å²) in [5.41, 5.74) is 6.95. The van der Waals surface area contributed by atoms with E-state index in [4.69, 9.17) is 5.73 Å². The third kappa shape index (κ3) is 5.40. The Hall–Kier alpha value is -2.07. The van der Waals surface area contributed by atoms with Gasteiger partial charge >= 0.3 is 0 Å². The molecule has 0 spiro atoms. The van der Waals surface area contributed by atoms with Crippen molar-refractivity contribution in [1.82, 2.24) is 10.6 Å². The molecule has 0 saturated carbocycles. The van der Waals surface area contributed by atoms with E-state index in [0.29, 0.717) is 24.2 Å². The van der Waals surface area contributed by atoms with Gasteiger partial charge in [-0.15, -0.1) is 0 Å². The minimum Gasteiger partial charge on any atom is -0.399 e. The van der Waals surface area contributed by atoms with Crippen LogP contribution < -0.4 is 16.4 Å². The number of carbonyl (C=O) groups is 1. The summed E-state index contributed by atoms with van der Waals surface area (Å²) in [7, 11) is 1.85. The number of likely N-dealkylation sites (N-methyl/N-ethyl adjacent to an activating group) is 1. The number of benzene rings is 1. The molecule has 0 heterocycles. The molecule has 102 valence electrons. The fourth-order valence-electron chi connectivity index (χ4n) is 1.66. The molecule has 19 heavy (non-hydrogen) atoms. The molecule has 0 bridgehead atoms. The Kier molecular flexibility index (Phi) is 6.39. The predicted octanol–water partition coefficient (Wildman–Crippen LogP) is 1.42. The van der Waals surface area contributed by atoms with Crippen LogP contribution in [0.25, 0.3) is 0 Å². The fraction of sp³-hybridized carbons (Fsp3) is 0.267. The van der Waals surface area contributed by atoms with E-state index in [2.05, 4.69) is 17.2 Å². The first-order valence-electron chi connectivity index (χ1n) is 6.26. The monoisotopic (exact) mass is 259 g/mol. The molecule has 1 aromatic carbocycles. The Bertz CT molecular complexity index is 440. The quantitative estimate of drug-likeness (QED) is 0.649. The van der Waals surface area contributed by atoms with Gasteiger partial charge in [0, 0.05) is 23.8 Å². The highest BCUT2D eigenvalue weighted by molar-refractivity contribution is 5.94. The summed E-state index contributed by atoms with van der Waals surface area (Å²) >= 11 is 0. The Morgan fingerprint density at radius 2 is 2.11 bits per heavy atom. The summed E-state index contributed by atoms with van der Waals surface area (Å²) in [6.07, 6.45) is 4.12. The lowest BCUT2D eigenvalue weighted by atomic mass is 10.1. The van der Waals surface area contributed by atoms with Crippen molar-refractivity contribution in [3.05, 3.63) is 60.3 Å². The maximum atomic E-state index is 12.0. The van der Waals surface area contributed by atoms with Gasteiger partial charge in [-0.3, -0.25) is 4.79 Å². The van der Waals surface area contributed by atoms with Crippen molar-refractivity contribution in [3.63, 3.8) is 0 Å². The minimum atomic E-state index is -0.0774. The molecule has 4 N–H and O–H groups in total. The molecule has 0 aromatic heterocycles. The second-order valence-corrected chi connectivity index (χ2v) is 4.24. The highest BCUT2D eigenvalue weighted by Crippen LogP contribution is 2.01. The number of nitrogens with one attached hydrogen (secondary N) is 2. The molecule has 1 atom stereocenters. The topological polar surface area (TPSA) is 67.2 Å². The summed E-state index contributed by atoms with van der Waals surface area (Å²) < 4.78 is 0. The number of allylic oxidation sites excluding steroid dienone is 1. The maximum absolute atomic E-state index is 12.0. The molecule has 4 nitrogen and oxygen atoms in total. The van der Waals surface area contributed by atoms with Gasteiger partial charge in [0.25, 0.3) is 5.91 Å². The fourth-order valence-corrected chi connectivity index (χ4v) is 1.66. The van der Waals surface area contributed by atoms with Crippen molar-refractivity contribution in [2.75, 3.05) is 13.6 Å². The van der Waals surface area contributed by atoms with Gasteiger partial charge < -0.3 is 16.4 Å². The molecular formula is C15H21N3O. The van der Waals surface area contributed by atoms with Crippen LogP contribution in [0.15, 0.2) is 54.8 Å². The SMILES string of the molecule is C=C/C(N)=C\CC(CNC)NC(=O)c1ccccc1. The second-order valence-electron chi connectivity index (χ2n) is 4.24. The summed E-state index contributed by atoms with van der Waals surface area (Å²) in [5, 5.41) is 6.03. The van der Waals surface area contributed by atoms with Crippen LogP contribution in [0.3, 0.4) is 0 Å². The third-order valence-corrected chi connectivity index (χ3v) is 2.70. The summed E-state index contributed by atoms with van der Waals surface area (Å²) in [4.78, 5) is 12.0. The number of carbonyl (C=O) groups excluding carboxylic acids is 1.